The number of rotatable bonds is 1. The van der Waals surface area contributed by atoms with E-state index in [1.54, 1.807) is 0 Å². The molecule has 150 valence electrons. The summed E-state index contributed by atoms with van der Waals surface area (Å²) in [4.78, 5) is 20.2. The number of aromatic nitrogens is 1. The van der Waals surface area contributed by atoms with Gasteiger partial charge in [0, 0.05) is 29.6 Å². The van der Waals surface area contributed by atoms with Crippen LogP contribution in [0, 0.1) is 0 Å². The van der Waals surface area contributed by atoms with Crippen LogP contribution in [0.25, 0.3) is 37.3 Å². The Morgan fingerprint density at radius 2 is 1.97 bits per heavy atom. The van der Waals surface area contributed by atoms with Crippen molar-refractivity contribution in [1.82, 2.24) is 4.98 Å². The molecule has 0 fully saturated rings. The molecule has 0 radical (unpaired) electrons. The van der Waals surface area contributed by atoms with Crippen LogP contribution in [0.4, 0.5) is 5.69 Å². The Labute approximate surface area is 178 Å². The van der Waals surface area contributed by atoms with Crippen LogP contribution in [0.15, 0.2) is 52.2 Å². The highest BCUT2D eigenvalue weighted by molar-refractivity contribution is 7.21. The molecule has 2 aromatic heterocycles. The van der Waals surface area contributed by atoms with Gasteiger partial charge in [0.2, 0.25) is 0 Å². The van der Waals surface area contributed by atoms with Crippen LogP contribution in [0.5, 0.6) is 0 Å². The zero-order chi connectivity index (χ0) is 20.6. The molecular weight excluding hydrogens is 392 g/mol. The van der Waals surface area contributed by atoms with Gasteiger partial charge in [0.15, 0.2) is 0 Å². The lowest BCUT2D eigenvalue weighted by molar-refractivity contribution is 0.443. The summed E-state index contributed by atoms with van der Waals surface area (Å²) >= 11 is 1.53. The molecule has 0 spiro atoms. The van der Waals surface area contributed by atoms with Gasteiger partial charge in [0.05, 0.1) is 21.5 Å². The highest BCUT2D eigenvalue weighted by atomic mass is 32.1. The summed E-state index contributed by atoms with van der Waals surface area (Å²) in [6, 6.07) is 12.1. The molecular formula is C25H22N2O2S. The molecule has 30 heavy (non-hydrogen) atoms. The molecule has 0 unspecified atom stereocenters. The molecule has 4 nitrogen and oxygen atoms in total. The lowest BCUT2D eigenvalue weighted by Crippen LogP contribution is -2.40. The van der Waals surface area contributed by atoms with Crippen LogP contribution >= 0.6 is 11.3 Å². The summed E-state index contributed by atoms with van der Waals surface area (Å²) in [6.45, 7) is 10.8. The first kappa shape index (κ1) is 17.9. The van der Waals surface area contributed by atoms with Crippen molar-refractivity contribution in [2.45, 2.75) is 32.1 Å². The van der Waals surface area contributed by atoms with E-state index in [1.807, 2.05) is 30.3 Å². The van der Waals surface area contributed by atoms with E-state index >= 15 is 0 Å². The lowest BCUT2D eigenvalue weighted by Gasteiger charge is -2.44. The maximum Gasteiger partial charge on any atom is 0.346 e. The van der Waals surface area contributed by atoms with Crippen LogP contribution in [0.1, 0.15) is 37.8 Å². The number of benzene rings is 2. The standard InChI is InChI=1S/C25H22N2O2S/c1-14-8-10-27-11-9-25(2,3)20-21(27)16(14)12-15-13-17(24(28)29-22(15)20)23-26-18-6-4-5-7-19(18)30-23/h4-7,12-13H,1,8-11H2,2-3H3. The molecule has 0 N–H and O–H groups in total. The minimum atomic E-state index is -0.319. The fourth-order valence-corrected chi connectivity index (χ4v) is 5.87. The third kappa shape index (κ3) is 2.45. The number of hydrogen-bond acceptors (Lipinski definition) is 5. The van der Waals surface area contributed by atoms with E-state index < -0.39 is 0 Å². The van der Waals surface area contributed by atoms with Gasteiger partial charge in [-0.05, 0) is 48.1 Å². The van der Waals surface area contributed by atoms with E-state index in [2.05, 4.69) is 36.4 Å². The summed E-state index contributed by atoms with van der Waals surface area (Å²) in [5, 5.41) is 1.66. The van der Waals surface area contributed by atoms with Gasteiger partial charge in [0.1, 0.15) is 10.6 Å². The Hall–Kier alpha value is -2.92. The Morgan fingerprint density at radius 1 is 1.17 bits per heavy atom. The van der Waals surface area contributed by atoms with Gasteiger partial charge in [0.25, 0.3) is 0 Å². The van der Waals surface area contributed by atoms with Crippen LogP contribution in [-0.4, -0.2) is 18.1 Å². The smallest absolute Gasteiger partial charge is 0.346 e. The second-order valence-corrected chi connectivity index (χ2v) is 10.0. The molecule has 0 aliphatic carbocycles. The first-order valence-electron chi connectivity index (χ1n) is 10.4. The lowest BCUT2D eigenvalue weighted by atomic mass is 9.74. The molecule has 2 aliphatic heterocycles. The molecule has 0 saturated carbocycles. The normalized spacial score (nSPS) is 17.5. The molecule has 4 heterocycles. The van der Waals surface area contributed by atoms with Crippen molar-refractivity contribution in [3.63, 3.8) is 0 Å². The van der Waals surface area contributed by atoms with E-state index in [4.69, 9.17) is 4.42 Å². The van der Waals surface area contributed by atoms with Crippen molar-refractivity contribution in [1.29, 1.82) is 0 Å². The van der Waals surface area contributed by atoms with Crippen molar-refractivity contribution in [3.05, 3.63) is 64.5 Å². The van der Waals surface area contributed by atoms with Crippen molar-refractivity contribution in [2.75, 3.05) is 18.0 Å². The average Bonchev–Trinajstić information content (AvgIpc) is 3.15. The van der Waals surface area contributed by atoms with Crippen molar-refractivity contribution in [2.24, 2.45) is 0 Å². The van der Waals surface area contributed by atoms with Crippen molar-refractivity contribution >= 4 is 43.8 Å². The molecule has 0 saturated heterocycles. The Balaban J connectivity index is 1.67. The SMILES string of the molecule is C=C1CCN2CCC(C)(C)c3c2c1cc1cc(-c2nc4ccccc4s2)c(=O)oc31. The first-order chi connectivity index (χ1) is 14.4. The minimum absolute atomic E-state index is 0.0645. The quantitative estimate of drug-likeness (QED) is 0.360. The van der Waals surface area contributed by atoms with E-state index in [0.29, 0.717) is 16.2 Å². The topological polar surface area (TPSA) is 46.3 Å². The van der Waals surface area contributed by atoms with Gasteiger partial charge in [-0.3, -0.25) is 0 Å². The van der Waals surface area contributed by atoms with Gasteiger partial charge in [-0.1, -0.05) is 32.6 Å². The number of hydrogen-bond donors (Lipinski definition) is 0. The van der Waals surface area contributed by atoms with E-state index in [0.717, 1.165) is 52.7 Å². The predicted molar refractivity (Wildman–Crippen MR) is 125 cm³/mol. The van der Waals surface area contributed by atoms with Crippen molar-refractivity contribution < 1.29 is 4.42 Å². The number of nitrogens with zero attached hydrogens (tertiary/aromatic N) is 2. The van der Waals surface area contributed by atoms with E-state index in [9.17, 15) is 4.79 Å². The van der Waals surface area contributed by atoms with E-state index in [-0.39, 0.29) is 11.0 Å². The Bertz CT molecular complexity index is 1390. The summed E-state index contributed by atoms with van der Waals surface area (Å²) in [5.41, 5.74) is 6.49. The summed E-state index contributed by atoms with van der Waals surface area (Å²) in [5.74, 6) is 0. The van der Waals surface area contributed by atoms with Crippen LogP contribution in [0.2, 0.25) is 0 Å². The van der Waals surface area contributed by atoms with Gasteiger partial charge in [-0.2, -0.15) is 0 Å². The molecule has 5 heteroatoms. The number of anilines is 1. The Morgan fingerprint density at radius 3 is 2.80 bits per heavy atom. The van der Waals surface area contributed by atoms with Gasteiger partial charge < -0.3 is 9.32 Å². The zero-order valence-electron chi connectivity index (χ0n) is 17.1. The molecule has 4 aromatic rings. The Kier molecular flexibility index (Phi) is 3.61. The van der Waals surface area contributed by atoms with Gasteiger partial charge >= 0.3 is 5.63 Å². The first-order valence-corrected chi connectivity index (χ1v) is 11.2. The minimum Gasteiger partial charge on any atom is -0.422 e. The number of fused-ring (bicyclic) bond motifs is 3. The maximum absolute atomic E-state index is 13.1. The number of thiazole rings is 1. The monoisotopic (exact) mass is 414 g/mol. The van der Waals surface area contributed by atoms with Gasteiger partial charge in [-0.25, -0.2) is 9.78 Å². The van der Waals surface area contributed by atoms with E-state index in [1.165, 1.54) is 22.6 Å². The maximum atomic E-state index is 13.1. The largest absolute Gasteiger partial charge is 0.422 e. The third-order valence-electron chi connectivity index (χ3n) is 6.58. The highest BCUT2D eigenvalue weighted by Crippen LogP contribution is 2.49. The molecule has 6 rings (SSSR count). The van der Waals surface area contributed by atoms with Crippen molar-refractivity contribution in [3.8, 4) is 10.6 Å². The number of para-hydroxylation sites is 1. The third-order valence-corrected chi connectivity index (χ3v) is 7.65. The highest BCUT2D eigenvalue weighted by Gasteiger charge is 2.38. The van der Waals surface area contributed by atoms with Gasteiger partial charge in [-0.15, -0.1) is 11.3 Å². The molecule has 2 aliphatic rings. The fraction of sp³-hybridized carbons (Fsp3) is 0.280. The molecule has 0 bridgehead atoms. The summed E-state index contributed by atoms with van der Waals surface area (Å²) < 4.78 is 7.11. The van der Waals surface area contributed by atoms with Crippen LogP contribution in [-0.2, 0) is 5.41 Å². The van der Waals surface area contributed by atoms with Crippen LogP contribution in [0.3, 0.4) is 0 Å². The molecule has 2 aromatic carbocycles. The summed E-state index contributed by atoms with van der Waals surface area (Å²) in [6.07, 6.45) is 2.01. The average molecular weight is 415 g/mol. The van der Waals surface area contributed by atoms with Crippen LogP contribution < -0.4 is 10.5 Å². The second-order valence-electron chi connectivity index (χ2n) is 8.97. The zero-order valence-corrected chi connectivity index (χ0v) is 17.9. The fourth-order valence-electron chi connectivity index (χ4n) is 4.90. The predicted octanol–water partition coefficient (Wildman–Crippen LogP) is 5.97. The molecule has 0 amide bonds. The molecule has 0 atom stereocenters. The summed E-state index contributed by atoms with van der Waals surface area (Å²) in [7, 11) is 0. The second kappa shape index (κ2) is 6.05.